The number of nitrogens with one attached hydrogen (secondary N) is 4. The van der Waals surface area contributed by atoms with E-state index in [1.807, 2.05) is 6.92 Å². The Morgan fingerprint density at radius 3 is 2.51 bits per heavy atom. The summed E-state index contributed by atoms with van der Waals surface area (Å²) in [6, 6.07) is 8.54. The second-order valence-corrected chi connectivity index (χ2v) is 7.91. The van der Waals surface area contributed by atoms with Crippen molar-refractivity contribution >= 4 is 52.9 Å². The predicted molar refractivity (Wildman–Crippen MR) is 145 cm³/mol. The number of benzene rings is 1. The van der Waals surface area contributed by atoms with Gasteiger partial charge in [-0.15, -0.1) is 5.10 Å². The molecular weight excluding hydrogens is 464 g/mol. The van der Waals surface area contributed by atoms with Crippen molar-refractivity contribution in [2.45, 2.75) is 40.5 Å². The molecule has 0 fully saturated rings. The molecular formula is C25H31ClN8O. The lowest BCUT2D eigenvalue weighted by molar-refractivity contribution is -0.112. The molecule has 9 nitrogen and oxygen atoms in total. The van der Waals surface area contributed by atoms with Gasteiger partial charge in [-0.2, -0.15) is 0 Å². The Morgan fingerprint density at radius 2 is 1.91 bits per heavy atom. The first-order chi connectivity index (χ1) is 16.8. The summed E-state index contributed by atoms with van der Waals surface area (Å²) in [5.41, 5.74) is 8.34. The van der Waals surface area contributed by atoms with Crippen molar-refractivity contribution in [2.24, 2.45) is 0 Å². The highest BCUT2D eigenvalue weighted by Gasteiger charge is 2.13. The summed E-state index contributed by atoms with van der Waals surface area (Å²) < 4.78 is 1.57. The van der Waals surface area contributed by atoms with Gasteiger partial charge in [-0.1, -0.05) is 50.4 Å². The molecule has 3 rings (SSSR count). The molecule has 2 heterocycles. The van der Waals surface area contributed by atoms with Crippen LogP contribution in [0.15, 0.2) is 48.2 Å². The molecule has 0 bridgehead atoms. The fraction of sp³-hybridized carbons (Fsp3) is 0.240. The monoisotopic (exact) mass is 494 g/mol. The molecule has 0 atom stereocenters. The highest BCUT2D eigenvalue weighted by Crippen LogP contribution is 2.32. The van der Waals surface area contributed by atoms with Crippen molar-refractivity contribution in [3.8, 4) is 5.82 Å². The minimum Gasteiger partial charge on any atom is -0.398 e. The molecule has 0 spiro atoms. The van der Waals surface area contributed by atoms with E-state index >= 15 is 0 Å². The van der Waals surface area contributed by atoms with Gasteiger partial charge >= 0.3 is 0 Å². The van der Waals surface area contributed by atoms with E-state index in [1.54, 1.807) is 54.2 Å². The number of carbonyl (C=O) groups excluding carboxylic acids is 1. The maximum atomic E-state index is 12.2. The van der Waals surface area contributed by atoms with Crippen LogP contribution >= 0.6 is 11.6 Å². The number of pyridine rings is 1. The van der Waals surface area contributed by atoms with E-state index in [0.29, 0.717) is 39.4 Å². The quantitative estimate of drug-likeness (QED) is 0.150. The number of allylic oxidation sites excluding steroid dienone is 1. The summed E-state index contributed by atoms with van der Waals surface area (Å²) in [4.78, 5) is 16.6. The summed E-state index contributed by atoms with van der Waals surface area (Å²) in [7, 11) is 0. The molecule has 6 N–H and O–H groups in total. The molecule has 0 aliphatic carbocycles. The summed E-state index contributed by atoms with van der Waals surface area (Å²) in [6.07, 6.45) is 8.07. The van der Waals surface area contributed by atoms with E-state index < -0.39 is 5.91 Å². The van der Waals surface area contributed by atoms with Crippen LogP contribution in [0.2, 0.25) is 5.02 Å². The maximum Gasteiger partial charge on any atom is 0.258 e. The highest BCUT2D eigenvalue weighted by atomic mass is 35.5. The predicted octanol–water partition coefficient (Wildman–Crippen LogP) is 5.89. The standard InChI is InChI=1S/C21H21ClN8O.C4H10/c1-3-13(9-23)21(31)28-17-5-4-6-18(27-17)30-11-12(2)20(29-30)26-16-8-7-15(25)14(10-24)19(16)22;1-3-4-2/h3-11,23-24H,25H2,1-2H3,(H,26,29)(H,27,28,31);3-4H2,1-2H3/b13-3+,23-9?,24-10?;. The maximum absolute atomic E-state index is 12.2. The van der Waals surface area contributed by atoms with E-state index in [9.17, 15) is 4.79 Å². The summed E-state index contributed by atoms with van der Waals surface area (Å²) in [6.45, 7) is 7.92. The first-order valence-corrected chi connectivity index (χ1v) is 11.5. The Bertz CT molecular complexity index is 1230. The summed E-state index contributed by atoms with van der Waals surface area (Å²) >= 11 is 6.36. The van der Waals surface area contributed by atoms with Gasteiger partial charge in [0.15, 0.2) is 11.6 Å². The Balaban J connectivity index is 0.00000100. The molecule has 184 valence electrons. The van der Waals surface area contributed by atoms with E-state index in [0.717, 1.165) is 18.0 Å². The molecule has 0 saturated heterocycles. The van der Waals surface area contributed by atoms with Crippen LogP contribution < -0.4 is 16.4 Å². The van der Waals surface area contributed by atoms with E-state index in [2.05, 4.69) is 34.6 Å². The molecule has 0 saturated carbocycles. The normalized spacial score (nSPS) is 10.7. The van der Waals surface area contributed by atoms with E-state index in [1.165, 1.54) is 12.8 Å². The Morgan fingerprint density at radius 1 is 1.20 bits per heavy atom. The number of carbonyl (C=O) groups is 1. The van der Waals surface area contributed by atoms with Gasteiger partial charge in [-0.25, -0.2) is 9.67 Å². The van der Waals surface area contributed by atoms with E-state index in [-0.39, 0.29) is 5.57 Å². The van der Waals surface area contributed by atoms with Crippen LogP contribution in [0.5, 0.6) is 0 Å². The molecule has 0 aliphatic rings. The molecule has 1 aromatic carbocycles. The number of aryl methyl sites for hydroxylation is 1. The van der Waals surface area contributed by atoms with Crippen molar-refractivity contribution in [3.05, 3.63) is 64.3 Å². The zero-order chi connectivity index (χ0) is 26.0. The van der Waals surface area contributed by atoms with E-state index in [4.69, 9.17) is 28.2 Å². The highest BCUT2D eigenvalue weighted by molar-refractivity contribution is 6.36. The Kier molecular flexibility index (Phi) is 10.2. The number of halogens is 1. The van der Waals surface area contributed by atoms with Crippen LogP contribution in [0.1, 0.15) is 44.7 Å². The van der Waals surface area contributed by atoms with Crippen LogP contribution in [-0.2, 0) is 4.79 Å². The Hall–Kier alpha value is -3.98. The number of nitrogens with two attached hydrogens (primary N) is 1. The zero-order valence-electron chi connectivity index (χ0n) is 20.3. The van der Waals surface area contributed by atoms with Gasteiger partial charge < -0.3 is 27.2 Å². The van der Waals surface area contributed by atoms with Crippen molar-refractivity contribution in [1.29, 1.82) is 10.8 Å². The van der Waals surface area contributed by atoms with Crippen LogP contribution in [0.25, 0.3) is 5.82 Å². The van der Waals surface area contributed by atoms with Crippen molar-refractivity contribution in [3.63, 3.8) is 0 Å². The second-order valence-electron chi connectivity index (χ2n) is 7.53. The van der Waals surface area contributed by atoms with Crippen molar-refractivity contribution < 1.29 is 4.79 Å². The fourth-order valence-electron chi connectivity index (χ4n) is 2.77. The van der Waals surface area contributed by atoms with Crippen LogP contribution in [0.3, 0.4) is 0 Å². The number of amides is 1. The smallest absolute Gasteiger partial charge is 0.258 e. The Labute approximate surface area is 210 Å². The molecule has 10 heteroatoms. The SMILES string of the molecule is C/C=C(\C=N)C(=O)Nc1cccc(-n2cc(C)c(Nc3ccc(N)c(C=N)c3Cl)n2)n1.CCCC. The van der Waals surface area contributed by atoms with Gasteiger partial charge in [0.25, 0.3) is 5.91 Å². The number of unbranched alkanes of at least 4 members (excludes halogenated alkanes) is 1. The molecule has 0 unspecified atom stereocenters. The number of hydrogen-bond acceptors (Lipinski definition) is 7. The number of rotatable bonds is 8. The number of anilines is 4. The first-order valence-electron chi connectivity index (χ1n) is 11.2. The van der Waals surface area contributed by atoms with Crippen molar-refractivity contribution in [2.75, 3.05) is 16.4 Å². The van der Waals surface area contributed by atoms with Gasteiger partial charge in [0.05, 0.1) is 16.3 Å². The molecule has 2 aromatic heterocycles. The summed E-state index contributed by atoms with van der Waals surface area (Å²) in [5.74, 6) is 0.970. The van der Waals surface area contributed by atoms with Crippen LogP contribution in [0.4, 0.5) is 23.0 Å². The zero-order valence-corrected chi connectivity index (χ0v) is 21.1. The first kappa shape index (κ1) is 27.3. The average molecular weight is 495 g/mol. The third kappa shape index (κ3) is 7.00. The molecule has 0 aliphatic heterocycles. The lowest BCUT2D eigenvalue weighted by Crippen LogP contribution is -2.16. The topological polar surface area (TPSA) is 146 Å². The van der Waals surface area contributed by atoms with Gasteiger partial charge in [0.2, 0.25) is 0 Å². The third-order valence-electron chi connectivity index (χ3n) is 4.95. The van der Waals surface area contributed by atoms with Crippen LogP contribution in [0, 0.1) is 17.7 Å². The van der Waals surface area contributed by atoms with Gasteiger partial charge in [0.1, 0.15) is 5.82 Å². The number of hydrogen-bond donors (Lipinski definition) is 5. The molecule has 3 aromatic rings. The summed E-state index contributed by atoms with van der Waals surface area (Å²) in [5, 5.41) is 25.4. The molecule has 35 heavy (non-hydrogen) atoms. The van der Waals surface area contributed by atoms with Gasteiger partial charge in [-0.3, -0.25) is 4.79 Å². The lowest BCUT2D eigenvalue weighted by atomic mass is 10.1. The lowest BCUT2D eigenvalue weighted by Gasteiger charge is -2.10. The number of nitrogen functional groups attached to an aromatic ring is 1. The van der Waals surface area contributed by atoms with Gasteiger partial charge in [-0.05, 0) is 38.1 Å². The largest absolute Gasteiger partial charge is 0.398 e. The fourth-order valence-corrected chi connectivity index (χ4v) is 3.04. The minimum atomic E-state index is -0.416. The van der Waals surface area contributed by atoms with Gasteiger partial charge in [0, 0.05) is 35.4 Å². The number of nitrogens with zero attached hydrogens (tertiary/aromatic N) is 3. The van der Waals surface area contributed by atoms with Crippen LogP contribution in [-0.4, -0.2) is 33.1 Å². The average Bonchev–Trinajstić information content (AvgIpc) is 3.22. The van der Waals surface area contributed by atoms with Crippen molar-refractivity contribution in [1.82, 2.24) is 14.8 Å². The second kappa shape index (κ2) is 13.0. The third-order valence-corrected chi connectivity index (χ3v) is 5.35. The minimum absolute atomic E-state index is 0.235. The number of aromatic nitrogens is 3. The molecule has 0 radical (unpaired) electrons. The molecule has 1 amide bonds.